The number of piperidine rings is 1. The van der Waals surface area contributed by atoms with Crippen molar-refractivity contribution in [1.29, 1.82) is 0 Å². The Balaban J connectivity index is 2.22. The molecule has 1 fully saturated rings. The number of rotatable bonds is 7. The van der Waals surface area contributed by atoms with Gasteiger partial charge in [-0.15, -0.1) is 18.2 Å². The highest BCUT2D eigenvalue weighted by Gasteiger charge is 2.23. The molecule has 0 bridgehead atoms. The number of carboxylic acid groups (broad SMARTS) is 1. The van der Waals surface area contributed by atoms with Crippen LogP contribution in [0.15, 0.2) is 0 Å². The number of terminal acetylenes is 1. The Bertz CT molecular complexity index is 368. The summed E-state index contributed by atoms with van der Waals surface area (Å²) in [5.41, 5.74) is 0. The Morgan fingerprint density at radius 1 is 1.50 bits per heavy atom. The number of carbonyl (C=O) groups excluding carboxylic acids is 1. The molecule has 1 saturated heterocycles. The lowest BCUT2D eigenvalue weighted by Gasteiger charge is -2.32. The van der Waals surface area contributed by atoms with Crippen molar-refractivity contribution in [3.63, 3.8) is 0 Å². The fourth-order valence-electron chi connectivity index (χ4n) is 2.29. The number of carbonyl (C=O) groups is 2. The summed E-state index contributed by atoms with van der Waals surface area (Å²) in [7, 11) is 0. The van der Waals surface area contributed by atoms with Crippen LogP contribution in [-0.2, 0) is 4.79 Å². The number of nitrogens with one attached hydrogen (secondary N) is 1. The number of thioether (sulfide) groups is 1. The molecule has 0 saturated carbocycles. The maximum absolute atomic E-state index is 12.0. The lowest BCUT2D eigenvalue weighted by molar-refractivity contribution is -0.137. The molecule has 20 heavy (non-hydrogen) atoms. The van der Waals surface area contributed by atoms with E-state index in [0.717, 1.165) is 25.1 Å². The average Bonchev–Trinajstić information content (AvgIpc) is 2.45. The molecule has 1 rings (SSSR count). The molecule has 2 N–H and O–H groups in total. The number of likely N-dealkylation sites (tertiary alicyclic amines) is 1. The van der Waals surface area contributed by atoms with Gasteiger partial charge in [-0.1, -0.05) is 5.92 Å². The summed E-state index contributed by atoms with van der Waals surface area (Å²) in [6, 6.07) is -0.0497. The van der Waals surface area contributed by atoms with Crippen molar-refractivity contribution >= 4 is 23.8 Å². The summed E-state index contributed by atoms with van der Waals surface area (Å²) in [5, 5.41) is 11.6. The van der Waals surface area contributed by atoms with Gasteiger partial charge in [-0.25, -0.2) is 4.79 Å². The molecule has 0 aromatic rings. The van der Waals surface area contributed by atoms with Gasteiger partial charge in [-0.05, 0) is 25.2 Å². The van der Waals surface area contributed by atoms with Crippen molar-refractivity contribution in [3.05, 3.63) is 0 Å². The van der Waals surface area contributed by atoms with E-state index in [9.17, 15) is 9.59 Å². The van der Waals surface area contributed by atoms with Gasteiger partial charge < -0.3 is 15.3 Å². The number of aliphatic carboxylic acids is 1. The SMILES string of the molecule is C#CCSCCNC(=O)N1CCCC(CCC(=O)O)C1. The largest absolute Gasteiger partial charge is 0.481 e. The second-order valence-corrected chi connectivity index (χ2v) is 5.98. The zero-order valence-electron chi connectivity index (χ0n) is 11.6. The fourth-order valence-corrected chi connectivity index (χ4v) is 2.79. The summed E-state index contributed by atoms with van der Waals surface area (Å²) in [4.78, 5) is 24.3. The van der Waals surface area contributed by atoms with Gasteiger partial charge in [-0.3, -0.25) is 4.79 Å². The third-order valence-corrected chi connectivity index (χ3v) is 4.14. The lowest BCUT2D eigenvalue weighted by Crippen LogP contribution is -2.46. The first-order chi connectivity index (χ1) is 9.63. The number of nitrogens with zero attached hydrogens (tertiary/aromatic N) is 1. The van der Waals surface area contributed by atoms with Crippen LogP contribution in [0.3, 0.4) is 0 Å². The third-order valence-electron chi connectivity index (χ3n) is 3.28. The molecule has 1 aliphatic heterocycles. The number of hydrogen-bond acceptors (Lipinski definition) is 3. The van der Waals surface area contributed by atoms with Gasteiger partial charge in [0.2, 0.25) is 0 Å². The zero-order chi connectivity index (χ0) is 14.8. The molecule has 0 aliphatic carbocycles. The van der Waals surface area contributed by atoms with Crippen LogP contribution in [0.1, 0.15) is 25.7 Å². The summed E-state index contributed by atoms with van der Waals surface area (Å²) >= 11 is 1.62. The Kier molecular flexibility index (Phi) is 7.97. The molecular formula is C14H22N2O3S. The van der Waals surface area contributed by atoms with Crippen LogP contribution in [0.2, 0.25) is 0 Å². The van der Waals surface area contributed by atoms with Crippen LogP contribution < -0.4 is 5.32 Å². The molecule has 1 unspecified atom stereocenters. The van der Waals surface area contributed by atoms with Gasteiger partial charge in [0.25, 0.3) is 0 Å². The predicted octanol–water partition coefficient (Wildman–Crippen LogP) is 1.64. The Labute approximate surface area is 124 Å². The van der Waals surface area contributed by atoms with Crippen molar-refractivity contribution < 1.29 is 14.7 Å². The number of urea groups is 1. The number of amides is 2. The van der Waals surface area contributed by atoms with Crippen molar-refractivity contribution in [2.75, 3.05) is 31.1 Å². The van der Waals surface area contributed by atoms with Crippen molar-refractivity contribution in [1.82, 2.24) is 10.2 Å². The van der Waals surface area contributed by atoms with Gasteiger partial charge in [0.15, 0.2) is 0 Å². The monoisotopic (exact) mass is 298 g/mol. The predicted molar refractivity (Wildman–Crippen MR) is 80.7 cm³/mol. The topological polar surface area (TPSA) is 69.6 Å². The van der Waals surface area contributed by atoms with Crippen LogP contribution in [0, 0.1) is 18.3 Å². The quantitative estimate of drug-likeness (QED) is 0.554. The molecule has 0 aromatic carbocycles. The van der Waals surface area contributed by atoms with Crippen LogP contribution in [0.25, 0.3) is 0 Å². The minimum atomic E-state index is -0.767. The van der Waals surface area contributed by atoms with Crippen molar-refractivity contribution in [2.24, 2.45) is 5.92 Å². The second kappa shape index (κ2) is 9.54. The van der Waals surface area contributed by atoms with E-state index >= 15 is 0 Å². The first kappa shape index (κ1) is 16.7. The molecule has 1 aliphatic rings. The normalized spacial score (nSPS) is 18.4. The maximum Gasteiger partial charge on any atom is 0.317 e. The highest BCUT2D eigenvalue weighted by Crippen LogP contribution is 2.20. The second-order valence-electron chi connectivity index (χ2n) is 4.88. The fraction of sp³-hybridized carbons (Fsp3) is 0.714. The Morgan fingerprint density at radius 3 is 3.00 bits per heavy atom. The third kappa shape index (κ3) is 6.71. The van der Waals surface area contributed by atoms with Gasteiger partial charge in [-0.2, -0.15) is 0 Å². The van der Waals surface area contributed by atoms with E-state index in [2.05, 4.69) is 11.2 Å². The van der Waals surface area contributed by atoms with Gasteiger partial charge in [0.1, 0.15) is 0 Å². The molecule has 0 spiro atoms. The van der Waals surface area contributed by atoms with E-state index in [1.165, 1.54) is 0 Å². The summed E-state index contributed by atoms with van der Waals surface area (Å²) in [6.07, 6.45) is 7.93. The van der Waals surface area contributed by atoms with E-state index < -0.39 is 5.97 Å². The molecule has 0 radical (unpaired) electrons. The lowest BCUT2D eigenvalue weighted by atomic mass is 9.93. The smallest absolute Gasteiger partial charge is 0.317 e. The van der Waals surface area contributed by atoms with E-state index in [1.807, 2.05) is 0 Å². The highest BCUT2D eigenvalue weighted by molar-refractivity contribution is 7.99. The van der Waals surface area contributed by atoms with Gasteiger partial charge >= 0.3 is 12.0 Å². The molecular weight excluding hydrogens is 276 g/mol. The standard InChI is InChI=1S/C14H22N2O3S/c1-2-9-20-10-7-15-14(19)16-8-3-4-12(11-16)5-6-13(17)18/h1,12H,3-11H2,(H,15,19)(H,17,18). The summed E-state index contributed by atoms with van der Waals surface area (Å²) in [6.45, 7) is 2.03. The number of hydrogen-bond donors (Lipinski definition) is 2. The van der Waals surface area contributed by atoms with Crippen molar-refractivity contribution in [3.8, 4) is 12.3 Å². The zero-order valence-corrected chi connectivity index (χ0v) is 12.5. The van der Waals surface area contributed by atoms with Crippen LogP contribution >= 0.6 is 11.8 Å². The molecule has 1 atom stereocenters. The average molecular weight is 298 g/mol. The van der Waals surface area contributed by atoms with E-state index in [4.69, 9.17) is 11.5 Å². The minimum absolute atomic E-state index is 0.0497. The molecule has 1 heterocycles. The van der Waals surface area contributed by atoms with E-state index in [1.54, 1.807) is 16.7 Å². The summed E-state index contributed by atoms with van der Waals surface area (Å²) in [5.74, 6) is 3.56. The van der Waals surface area contributed by atoms with Crippen LogP contribution in [-0.4, -0.2) is 53.1 Å². The van der Waals surface area contributed by atoms with Gasteiger partial charge in [0.05, 0.1) is 5.75 Å². The minimum Gasteiger partial charge on any atom is -0.481 e. The molecule has 5 nitrogen and oxygen atoms in total. The Morgan fingerprint density at radius 2 is 2.30 bits per heavy atom. The van der Waals surface area contributed by atoms with Crippen LogP contribution in [0.4, 0.5) is 4.79 Å². The summed E-state index contributed by atoms with van der Waals surface area (Å²) < 4.78 is 0. The van der Waals surface area contributed by atoms with Crippen molar-refractivity contribution in [2.45, 2.75) is 25.7 Å². The number of carboxylic acids is 1. The van der Waals surface area contributed by atoms with Gasteiger partial charge in [0, 0.05) is 31.8 Å². The van der Waals surface area contributed by atoms with E-state index in [-0.39, 0.29) is 12.5 Å². The molecule has 112 valence electrons. The first-order valence-corrected chi connectivity index (χ1v) is 8.04. The molecule has 6 heteroatoms. The highest BCUT2D eigenvalue weighted by atomic mass is 32.2. The molecule has 0 aromatic heterocycles. The first-order valence-electron chi connectivity index (χ1n) is 6.89. The Hall–Kier alpha value is -1.35. The van der Waals surface area contributed by atoms with E-state index in [0.29, 0.717) is 31.2 Å². The molecule has 2 amide bonds. The van der Waals surface area contributed by atoms with Crippen LogP contribution in [0.5, 0.6) is 0 Å². The maximum atomic E-state index is 12.0.